The first-order chi connectivity index (χ1) is 12.6. The highest BCUT2D eigenvalue weighted by Crippen LogP contribution is 2.32. The molecule has 1 aromatic carbocycles. The highest BCUT2D eigenvalue weighted by molar-refractivity contribution is 7.21. The Bertz CT molecular complexity index is 929. The first-order valence-corrected chi connectivity index (χ1v) is 9.48. The maximum absolute atomic E-state index is 11.2. The summed E-state index contributed by atoms with van der Waals surface area (Å²) in [6, 6.07) is 9.95. The summed E-state index contributed by atoms with van der Waals surface area (Å²) in [6.07, 6.45) is 1.90. The van der Waals surface area contributed by atoms with Crippen molar-refractivity contribution in [3.05, 3.63) is 36.5 Å². The molecule has 0 aliphatic carbocycles. The molecular weight excluding hydrogens is 346 g/mol. The summed E-state index contributed by atoms with van der Waals surface area (Å²) in [4.78, 5) is 25.2. The van der Waals surface area contributed by atoms with Gasteiger partial charge in [-0.3, -0.25) is 4.79 Å². The van der Waals surface area contributed by atoms with Crippen LogP contribution in [0.4, 0.5) is 11.5 Å². The predicted octanol–water partition coefficient (Wildman–Crippen LogP) is 3.07. The number of carbonyl (C=O) groups excluding carboxylic acids is 1. The van der Waals surface area contributed by atoms with Gasteiger partial charge < -0.3 is 15.1 Å². The fourth-order valence-corrected chi connectivity index (χ4v) is 4.06. The smallest absolute Gasteiger partial charge is 0.221 e. The van der Waals surface area contributed by atoms with Crippen LogP contribution in [0, 0.1) is 0 Å². The maximum atomic E-state index is 11.2. The SMILES string of the molecule is CC(=O)Nc1ccc2nc(-c3ccc(N4CCN(C)CC4)nc3)sc2c1. The number of fused-ring (bicyclic) bond motifs is 1. The zero-order valence-corrected chi connectivity index (χ0v) is 15.7. The van der Waals surface area contributed by atoms with E-state index in [0.29, 0.717) is 0 Å². The zero-order valence-electron chi connectivity index (χ0n) is 14.9. The second-order valence-electron chi connectivity index (χ2n) is 6.58. The second-order valence-corrected chi connectivity index (χ2v) is 7.61. The van der Waals surface area contributed by atoms with Crippen molar-refractivity contribution in [1.29, 1.82) is 0 Å². The standard InChI is InChI=1S/C19H21N5OS/c1-13(25)21-15-4-5-16-17(11-15)26-19(22-16)14-3-6-18(20-12-14)24-9-7-23(2)8-10-24/h3-6,11-12H,7-10H2,1-2H3,(H,21,25). The summed E-state index contributed by atoms with van der Waals surface area (Å²) in [7, 11) is 2.15. The average Bonchev–Trinajstić information content (AvgIpc) is 3.05. The van der Waals surface area contributed by atoms with E-state index in [1.807, 2.05) is 24.4 Å². The molecular formula is C19H21N5OS. The summed E-state index contributed by atoms with van der Waals surface area (Å²) < 4.78 is 1.05. The molecule has 6 nitrogen and oxygen atoms in total. The Morgan fingerprint density at radius 3 is 2.65 bits per heavy atom. The van der Waals surface area contributed by atoms with E-state index in [1.165, 1.54) is 6.92 Å². The fourth-order valence-electron chi connectivity index (χ4n) is 3.06. The largest absolute Gasteiger partial charge is 0.354 e. The number of nitrogens with zero attached hydrogens (tertiary/aromatic N) is 4. The lowest BCUT2D eigenvalue weighted by molar-refractivity contribution is -0.114. The molecule has 3 heterocycles. The summed E-state index contributed by atoms with van der Waals surface area (Å²) in [5.41, 5.74) is 2.75. The van der Waals surface area contributed by atoms with E-state index in [0.717, 1.165) is 58.5 Å². The quantitative estimate of drug-likeness (QED) is 0.771. The Balaban J connectivity index is 1.56. The Labute approximate surface area is 156 Å². The lowest BCUT2D eigenvalue weighted by Gasteiger charge is -2.33. The Morgan fingerprint density at radius 2 is 1.96 bits per heavy atom. The summed E-state index contributed by atoms with van der Waals surface area (Å²) in [5, 5.41) is 3.75. The van der Waals surface area contributed by atoms with E-state index in [1.54, 1.807) is 11.3 Å². The molecule has 0 spiro atoms. The topological polar surface area (TPSA) is 61.4 Å². The number of hydrogen-bond donors (Lipinski definition) is 1. The van der Waals surface area contributed by atoms with Gasteiger partial charge in [-0.1, -0.05) is 0 Å². The van der Waals surface area contributed by atoms with Crippen LogP contribution in [0.1, 0.15) is 6.92 Å². The third-order valence-corrected chi connectivity index (χ3v) is 5.60. The molecule has 0 unspecified atom stereocenters. The van der Waals surface area contributed by atoms with Crippen LogP contribution in [0.2, 0.25) is 0 Å². The number of hydrogen-bond acceptors (Lipinski definition) is 6. The molecule has 0 saturated carbocycles. The van der Waals surface area contributed by atoms with Crippen molar-refractivity contribution in [2.45, 2.75) is 6.92 Å². The molecule has 2 aromatic heterocycles. The molecule has 0 bridgehead atoms. The van der Waals surface area contributed by atoms with Gasteiger partial charge in [0.1, 0.15) is 10.8 Å². The number of pyridine rings is 1. The van der Waals surface area contributed by atoms with E-state index < -0.39 is 0 Å². The van der Waals surface area contributed by atoms with Gasteiger partial charge in [-0.05, 0) is 37.4 Å². The van der Waals surface area contributed by atoms with Gasteiger partial charge in [-0.15, -0.1) is 11.3 Å². The molecule has 1 N–H and O–H groups in total. The van der Waals surface area contributed by atoms with E-state index in [-0.39, 0.29) is 5.91 Å². The zero-order chi connectivity index (χ0) is 18.1. The van der Waals surface area contributed by atoms with Crippen molar-refractivity contribution in [1.82, 2.24) is 14.9 Å². The molecule has 1 saturated heterocycles. The lowest BCUT2D eigenvalue weighted by atomic mass is 10.2. The summed E-state index contributed by atoms with van der Waals surface area (Å²) in [6.45, 7) is 5.66. The van der Waals surface area contributed by atoms with Crippen LogP contribution in [0.15, 0.2) is 36.5 Å². The van der Waals surface area contributed by atoms with Gasteiger partial charge in [0.05, 0.1) is 10.2 Å². The predicted molar refractivity (Wildman–Crippen MR) is 107 cm³/mol. The lowest BCUT2D eigenvalue weighted by Crippen LogP contribution is -2.44. The highest BCUT2D eigenvalue weighted by atomic mass is 32.1. The summed E-state index contributed by atoms with van der Waals surface area (Å²) in [5.74, 6) is 0.952. The number of aromatic nitrogens is 2. The number of rotatable bonds is 3. The van der Waals surface area contributed by atoms with Crippen molar-refractivity contribution < 1.29 is 4.79 Å². The van der Waals surface area contributed by atoms with Crippen molar-refractivity contribution in [2.24, 2.45) is 0 Å². The maximum Gasteiger partial charge on any atom is 0.221 e. The third-order valence-electron chi connectivity index (χ3n) is 4.53. The van der Waals surface area contributed by atoms with E-state index >= 15 is 0 Å². The molecule has 0 atom stereocenters. The third kappa shape index (κ3) is 3.54. The monoisotopic (exact) mass is 367 g/mol. The van der Waals surface area contributed by atoms with Gasteiger partial charge in [0.15, 0.2) is 0 Å². The number of likely N-dealkylation sites (N-methyl/N-ethyl adjacent to an activating group) is 1. The molecule has 1 fully saturated rings. The number of carbonyl (C=O) groups is 1. The molecule has 4 rings (SSSR count). The number of benzene rings is 1. The minimum atomic E-state index is -0.0715. The number of piperazine rings is 1. The first-order valence-electron chi connectivity index (χ1n) is 8.66. The Hall–Kier alpha value is -2.51. The van der Waals surface area contributed by atoms with Gasteiger partial charge in [0.2, 0.25) is 5.91 Å². The van der Waals surface area contributed by atoms with Gasteiger partial charge in [-0.25, -0.2) is 9.97 Å². The average molecular weight is 367 g/mol. The highest BCUT2D eigenvalue weighted by Gasteiger charge is 2.15. The molecule has 3 aromatic rings. The van der Waals surface area contributed by atoms with Gasteiger partial charge in [0, 0.05) is 50.6 Å². The molecule has 0 radical (unpaired) electrons. The fraction of sp³-hybridized carbons (Fsp3) is 0.316. The van der Waals surface area contributed by atoms with Crippen molar-refractivity contribution in [3.63, 3.8) is 0 Å². The van der Waals surface area contributed by atoms with E-state index in [9.17, 15) is 4.79 Å². The van der Waals surface area contributed by atoms with E-state index in [4.69, 9.17) is 4.98 Å². The number of amides is 1. The molecule has 26 heavy (non-hydrogen) atoms. The van der Waals surface area contributed by atoms with Crippen LogP contribution in [-0.2, 0) is 4.79 Å². The molecule has 7 heteroatoms. The summed E-state index contributed by atoms with van der Waals surface area (Å²) >= 11 is 1.61. The van der Waals surface area contributed by atoms with Gasteiger partial charge in [0.25, 0.3) is 0 Å². The van der Waals surface area contributed by atoms with Crippen LogP contribution in [0.5, 0.6) is 0 Å². The van der Waals surface area contributed by atoms with Crippen molar-refractivity contribution in [3.8, 4) is 10.6 Å². The van der Waals surface area contributed by atoms with Crippen LogP contribution in [-0.4, -0.2) is 54.0 Å². The van der Waals surface area contributed by atoms with Gasteiger partial charge >= 0.3 is 0 Å². The van der Waals surface area contributed by atoms with Gasteiger partial charge in [-0.2, -0.15) is 0 Å². The molecule has 134 valence electrons. The molecule has 1 aliphatic rings. The first kappa shape index (κ1) is 16.9. The molecule has 1 aliphatic heterocycles. The minimum Gasteiger partial charge on any atom is -0.354 e. The van der Waals surface area contributed by atoms with Crippen molar-refractivity contribution in [2.75, 3.05) is 43.4 Å². The minimum absolute atomic E-state index is 0.0715. The Morgan fingerprint density at radius 1 is 1.15 bits per heavy atom. The van der Waals surface area contributed by atoms with E-state index in [2.05, 4.69) is 39.3 Å². The molecule has 1 amide bonds. The normalized spacial score (nSPS) is 15.4. The second kappa shape index (κ2) is 7.01. The van der Waals surface area contributed by atoms with Crippen molar-refractivity contribution >= 4 is 39.0 Å². The number of thiazole rings is 1. The number of anilines is 2. The van der Waals surface area contributed by atoms with Crippen LogP contribution in [0.3, 0.4) is 0 Å². The van der Waals surface area contributed by atoms with Crippen LogP contribution in [0.25, 0.3) is 20.8 Å². The Kier molecular flexibility index (Phi) is 4.57. The van der Waals surface area contributed by atoms with Crippen LogP contribution >= 0.6 is 11.3 Å². The number of nitrogens with one attached hydrogen (secondary N) is 1. The van der Waals surface area contributed by atoms with Crippen LogP contribution < -0.4 is 10.2 Å².